The van der Waals surface area contributed by atoms with Crippen molar-refractivity contribution < 1.29 is 9.66 Å². The van der Waals surface area contributed by atoms with Gasteiger partial charge in [0.2, 0.25) is 0 Å². The Morgan fingerprint density at radius 2 is 2.10 bits per heavy atom. The van der Waals surface area contributed by atoms with Crippen molar-refractivity contribution in [3.05, 3.63) is 52.1 Å². The zero-order valence-electron chi connectivity index (χ0n) is 12.1. The molecule has 0 amide bonds. The van der Waals surface area contributed by atoms with Crippen LogP contribution in [0.4, 0.5) is 5.69 Å². The number of ether oxygens (including phenoxy) is 1. The maximum atomic E-state index is 11.2. The van der Waals surface area contributed by atoms with Gasteiger partial charge in [0, 0.05) is 6.07 Å². The van der Waals surface area contributed by atoms with Crippen molar-refractivity contribution in [3.8, 4) is 5.75 Å². The first-order chi connectivity index (χ1) is 9.32. The highest BCUT2D eigenvalue weighted by Gasteiger charge is 2.27. The highest BCUT2D eigenvalue weighted by atomic mass is 16.6. The Hall–Kier alpha value is -2.10. The van der Waals surface area contributed by atoms with Crippen LogP contribution >= 0.6 is 0 Å². The summed E-state index contributed by atoms with van der Waals surface area (Å²) in [6.07, 6.45) is 3.70. The summed E-state index contributed by atoms with van der Waals surface area (Å²) in [6.45, 7) is 8.29. The molecule has 0 saturated carbocycles. The Balaban J connectivity index is 2.58. The summed E-state index contributed by atoms with van der Waals surface area (Å²) in [5.74, 6) is 0.625. The van der Waals surface area contributed by atoms with E-state index in [4.69, 9.17) is 4.74 Å². The molecule has 20 heavy (non-hydrogen) atoms. The third kappa shape index (κ3) is 2.90. The molecule has 0 aliphatic heterocycles. The van der Waals surface area contributed by atoms with Crippen LogP contribution in [-0.4, -0.2) is 12.0 Å². The molecule has 0 aromatic heterocycles. The van der Waals surface area contributed by atoms with Gasteiger partial charge in [0.25, 0.3) is 5.69 Å². The minimum absolute atomic E-state index is 0.0262. The summed E-state index contributed by atoms with van der Waals surface area (Å²) in [6, 6.07) is 4.85. The molecule has 0 atom stereocenters. The predicted octanol–water partition coefficient (Wildman–Crippen LogP) is 4.36. The molecule has 0 spiro atoms. The van der Waals surface area contributed by atoms with Gasteiger partial charge in [-0.15, -0.1) is 0 Å². The normalized spacial score (nSPS) is 17.6. The number of nitro benzene ring substituents is 1. The average Bonchev–Trinajstić information content (AvgIpc) is 2.35. The lowest BCUT2D eigenvalue weighted by atomic mass is 9.76. The van der Waals surface area contributed by atoms with Crippen molar-refractivity contribution in [2.75, 3.05) is 7.11 Å². The second-order valence-corrected chi connectivity index (χ2v) is 5.90. The zero-order valence-corrected chi connectivity index (χ0v) is 12.1. The molecule has 0 N–H and O–H groups in total. The Kier molecular flexibility index (Phi) is 3.66. The molecule has 0 heterocycles. The Labute approximate surface area is 118 Å². The van der Waals surface area contributed by atoms with Gasteiger partial charge in [0.15, 0.2) is 0 Å². The highest BCUT2D eigenvalue weighted by Crippen LogP contribution is 2.42. The van der Waals surface area contributed by atoms with Gasteiger partial charge in [-0.1, -0.05) is 32.1 Å². The largest absolute Gasteiger partial charge is 0.497 e. The van der Waals surface area contributed by atoms with Crippen molar-refractivity contribution >= 4 is 11.3 Å². The van der Waals surface area contributed by atoms with Gasteiger partial charge in [-0.05, 0) is 36.0 Å². The van der Waals surface area contributed by atoms with Crippen molar-refractivity contribution in [3.63, 3.8) is 0 Å². The molecule has 1 aromatic carbocycles. The van der Waals surface area contributed by atoms with E-state index in [1.165, 1.54) is 6.07 Å². The Morgan fingerprint density at radius 3 is 2.65 bits per heavy atom. The number of hydrogen-bond donors (Lipinski definition) is 0. The van der Waals surface area contributed by atoms with Crippen molar-refractivity contribution in [2.24, 2.45) is 5.41 Å². The number of allylic oxidation sites excluding steroid dienone is 3. The number of rotatable bonds is 3. The summed E-state index contributed by atoms with van der Waals surface area (Å²) >= 11 is 0. The van der Waals surface area contributed by atoms with Crippen molar-refractivity contribution in [1.29, 1.82) is 0 Å². The fourth-order valence-corrected chi connectivity index (χ4v) is 2.78. The van der Waals surface area contributed by atoms with E-state index in [2.05, 4.69) is 26.5 Å². The maximum Gasteiger partial charge on any atom is 0.277 e. The summed E-state index contributed by atoms with van der Waals surface area (Å²) in [5, 5.41) is 11.2. The predicted molar refractivity (Wildman–Crippen MR) is 79.8 cm³/mol. The summed E-state index contributed by atoms with van der Waals surface area (Å²) in [5.41, 5.74) is 2.77. The molecule has 0 fully saturated rings. The maximum absolute atomic E-state index is 11.2. The topological polar surface area (TPSA) is 52.4 Å². The number of nitro groups is 1. The van der Waals surface area contributed by atoms with Crippen LogP contribution in [0.2, 0.25) is 0 Å². The lowest BCUT2D eigenvalue weighted by Crippen LogP contribution is -2.14. The lowest BCUT2D eigenvalue weighted by Gasteiger charge is -2.29. The number of nitrogens with zero attached hydrogens (tertiary/aromatic N) is 1. The van der Waals surface area contributed by atoms with E-state index in [1.54, 1.807) is 19.2 Å². The van der Waals surface area contributed by atoms with Gasteiger partial charge in [0.05, 0.1) is 17.6 Å². The van der Waals surface area contributed by atoms with Gasteiger partial charge >= 0.3 is 0 Å². The molecule has 4 heteroatoms. The van der Waals surface area contributed by atoms with Gasteiger partial charge in [-0.2, -0.15) is 0 Å². The molecule has 1 aromatic rings. The van der Waals surface area contributed by atoms with Gasteiger partial charge < -0.3 is 4.74 Å². The van der Waals surface area contributed by atoms with E-state index in [9.17, 15) is 10.1 Å². The molecule has 2 rings (SSSR count). The number of hydrogen-bond acceptors (Lipinski definition) is 3. The van der Waals surface area contributed by atoms with Gasteiger partial charge in [0.1, 0.15) is 5.75 Å². The number of methoxy groups -OCH3 is 1. The minimum atomic E-state index is -0.347. The lowest BCUT2D eigenvalue weighted by molar-refractivity contribution is -0.385. The second-order valence-electron chi connectivity index (χ2n) is 5.90. The van der Waals surface area contributed by atoms with Crippen LogP contribution in [0.5, 0.6) is 5.75 Å². The van der Waals surface area contributed by atoms with E-state index in [0.717, 1.165) is 17.6 Å². The Bertz CT molecular complexity index is 600. The van der Waals surface area contributed by atoms with E-state index in [-0.39, 0.29) is 16.0 Å². The fraction of sp³-hybridized carbons (Fsp3) is 0.375. The van der Waals surface area contributed by atoms with Crippen LogP contribution in [0.3, 0.4) is 0 Å². The molecule has 1 aliphatic carbocycles. The van der Waals surface area contributed by atoms with Gasteiger partial charge in [-0.3, -0.25) is 10.1 Å². The summed E-state index contributed by atoms with van der Waals surface area (Å²) in [4.78, 5) is 10.9. The number of benzene rings is 1. The van der Waals surface area contributed by atoms with Crippen LogP contribution in [0.1, 0.15) is 32.3 Å². The molecule has 0 saturated heterocycles. The summed E-state index contributed by atoms with van der Waals surface area (Å²) in [7, 11) is 1.56. The standard InChI is InChI=1S/C16H19NO3/c1-11-7-12(10-16(2,3)9-11)14-8-13(20-4)5-6-15(14)17(18)19/h5-6,8,10H,1,7,9H2,2-4H3. The van der Waals surface area contributed by atoms with E-state index >= 15 is 0 Å². The first kappa shape index (κ1) is 14.3. The Morgan fingerprint density at radius 1 is 1.40 bits per heavy atom. The molecule has 0 bridgehead atoms. The zero-order chi connectivity index (χ0) is 14.9. The van der Waals surface area contributed by atoms with Crippen molar-refractivity contribution in [2.45, 2.75) is 26.7 Å². The average molecular weight is 273 g/mol. The van der Waals surface area contributed by atoms with E-state index < -0.39 is 0 Å². The first-order valence-electron chi connectivity index (χ1n) is 6.53. The summed E-state index contributed by atoms with van der Waals surface area (Å²) < 4.78 is 5.19. The monoisotopic (exact) mass is 273 g/mol. The molecule has 1 aliphatic rings. The van der Waals surface area contributed by atoms with Crippen LogP contribution in [-0.2, 0) is 0 Å². The van der Waals surface area contributed by atoms with Crippen LogP contribution < -0.4 is 4.74 Å². The third-order valence-corrected chi connectivity index (χ3v) is 3.46. The SMILES string of the molecule is C=C1CC(c2cc(OC)ccc2[N+](=O)[O-])=CC(C)(C)C1. The minimum Gasteiger partial charge on any atom is -0.497 e. The highest BCUT2D eigenvalue weighted by molar-refractivity contribution is 5.76. The second kappa shape index (κ2) is 5.12. The van der Waals surface area contributed by atoms with Gasteiger partial charge in [-0.25, -0.2) is 0 Å². The van der Waals surface area contributed by atoms with Crippen LogP contribution in [0.25, 0.3) is 5.57 Å². The molecule has 4 nitrogen and oxygen atoms in total. The first-order valence-corrected chi connectivity index (χ1v) is 6.53. The molecule has 0 unspecified atom stereocenters. The quantitative estimate of drug-likeness (QED) is 0.467. The fourth-order valence-electron chi connectivity index (χ4n) is 2.78. The van der Waals surface area contributed by atoms with E-state index in [0.29, 0.717) is 17.7 Å². The molecular weight excluding hydrogens is 254 g/mol. The van der Waals surface area contributed by atoms with Crippen LogP contribution in [0.15, 0.2) is 36.4 Å². The molecular formula is C16H19NO3. The molecule has 0 radical (unpaired) electrons. The van der Waals surface area contributed by atoms with Crippen LogP contribution in [0, 0.1) is 15.5 Å². The smallest absolute Gasteiger partial charge is 0.277 e. The molecule has 106 valence electrons. The van der Waals surface area contributed by atoms with E-state index in [1.807, 2.05) is 0 Å². The van der Waals surface area contributed by atoms with Crippen molar-refractivity contribution in [1.82, 2.24) is 0 Å². The third-order valence-electron chi connectivity index (χ3n) is 3.46.